The van der Waals surface area contributed by atoms with Gasteiger partial charge in [-0.2, -0.15) is 0 Å². The van der Waals surface area contributed by atoms with Crippen LogP contribution in [0.5, 0.6) is 0 Å². The molecular formula is C24H22N4O4. The lowest BCUT2D eigenvalue weighted by molar-refractivity contribution is 0.0731. The van der Waals surface area contributed by atoms with Gasteiger partial charge in [0.15, 0.2) is 5.76 Å². The standard InChI is InChI=1S/C24H22N4O4/c1-14-21-18(12-19(20-4-3-11-31-20)26-23(21)32-27-14)24(30)28(17-9-10-17)13-15-5-7-16(8-6-15)22(29)25-2/h3-8,11-12,17H,9-10,13H2,1-2H3,(H,25,29). The van der Waals surface area contributed by atoms with Crippen LogP contribution < -0.4 is 5.32 Å². The van der Waals surface area contributed by atoms with Crippen molar-refractivity contribution in [2.24, 2.45) is 0 Å². The van der Waals surface area contributed by atoms with Crippen molar-refractivity contribution >= 4 is 22.9 Å². The normalized spacial score (nSPS) is 13.3. The van der Waals surface area contributed by atoms with Crippen LogP contribution in [0.3, 0.4) is 0 Å². The van der Waals surface area contributed by atoms with Crippen LogP contribution >= 0.6 is 0 Å². The number of aryl methyl sites for hydroxylation is 1. The Morgan fingerprint density at radius 3 is 2.62 bits per heavy atom. The molecule has 0 unspecified atom stereocenters. The number of hydrogen-bond acceptors (Lipinski definition) is 6. The molecule has 0 atom stereocenters. The monoisotopic (exact) mass is 430 g/mol. The van der Waals surface area contributed by atoms with Crippen LogP contribution in [0.2, 0.25) is 0 Å². The van der Waals surface area contributed by atoms with Gasteiger partial charge in [-0.3, -0.25) is 9.59 Å². The third-order valence-electron chi connectivity index (χ3n) is 5.67. The van der Waals surface area contributed by atoms with E-state index in [0.29, 0.717) is 45.9 Å². The molecule has 0 bridgehead atoms. The Hall–Kier alpha value is -3.94. The highest BCUT2D eigenvalue weighted by Crippen LogP contribution is 2.33. The molecule has 5 rings (SSSR count). The summed E-state index contributed by atoms with van der Waals surface area (Å²) in [5.74, 6) is 0.311. The number of hydrogen-bond donors (Lipinski definition) is 1. The van der Waals surface area contributed by atoms with Gasteiger partial charge in [-0.1, -0.05) is 17.3 Å². The minimum atomic E-state index is -0.140. The number of furan rings is 1. The zero-order chi connectivity index (χ0) is 22.2. The number of benzene rings is 1. The summed E-state index contributed by atoms with van der Waals surface area (Å²) in [5, 5.41) is 7.25. The second kappa shape index (κ2) is 7.96. The molecule has 0 spiro atoms. The fourth-order valence-corrected chi connectivity index (χ4v) is 3.82. The SMILES string of the molecule is CNC(=O)c1ccc(CN(C(=O)c2cc(-c3ccco3)nc3onc(C)c23)C2CC2)cc1. The minimum absolute atomic E-state index is 0.102. The van der Waals surface area contributed by atoms with Crippen LogP contribution in [0.1, 0.15) is 44.8 Å². The molecule has 0 aliphatic heterocycles. The molecule has 1 N–H and O–H groups in total. The molecule has 3 aromatic heterocycles. The molecule has 32 heavy (non-hydrogen) atoms. The van der Waals surface area contributed by atoms with Gasteiger partial charge in [0.1, 0.15) is 5.69 Å². The summed E-state index contributed by atoms with van der Waals surface area (Å²) in [6.07, 6.45) is 3.49. The van der Waals surface area contributed by atoms with Crippen molar-refractivity contribution in [3.8, 4) is 11.5 Å². The highest BCUT2D eigenvalue weighted by Gasteiger charge is 2.35. The number of rotatable bonds is 6. The first-order valence-corrected chi connectivity index (χ1v) is 10.5. The second-order valence-corrected chi connectivity index (χ2v) is 7.92. The third kappa shape index (κ3) is 3.64. The van der Waals surface area contributed by atoms with Gasteiger partial charge in [0.2, 0.25) is 0 Å². The fraction of sp³-hybridized carbons (Fsp3) is 0.250. The van der Waals surface area contributed by atoms with Gasteiger partial charge in [0, 0.05) is 25.2 Å². The van der Waals surface area contributed by atoms with Crippen molar-refractivity contribution in [2.45, 2.75) is 32.4 Å². The van der Waals surface area contributed by atoms with E-state index >= 15 is 0 Å². The first kappa shape index (κ1) is 20.0. The summed E-state index contributed by atoms with van der Waals surface area (Å²) < 4.78 is 10.9. The van der Waals surface area contributed by atoms with Crippen molar-refractivity contribution < 1.29 is 18.5 Å². The molecule has 1 aromatic carbocycles. The summed E-state index contributed by atoms with van der Waals surface area (Å²) in [6.45, 7) is 2.25. The van der Waals surface area contributed by atoms with Gasteiger partial charge in [-0.25, -0.2) is 4.98 Å². The molecule has 8 nitrogen and oxygen atoms in total. The number of carbonyl (C=O) groups excluding carboxylic acids is 2. The molecule has 1 fully saturated rings. The van der Waals surface area contributed by atoms with Crippen molar-refractivity contribution in [1.82, 2.24) is 20.4 Å². The number of amides is 2. The van der Waals surface area contributed by atoms with E-state index in [2.05, 4.69) is 15.5 Å². The van der Waals surface area contributed by atoms with E-state index in [0.717, 1.165) is 18.4 Å². The summed E-state index contributed by atoms with van der Waals surface area (Å²) in [7, 11) is 1.60. The molecular weight excluding hydrogens is 408 g/mol. The van der Waals surface area contributed by atoms with E-state index in [1.807, 2.05) is 17.0 Å². The maximum Gasteiger partial charge on any atom is 0.259 e. The van der Waals surface area contributed by atoms with E-state index in [1.54, 1.807) is 50.6 Å². The predicted octanol–water partition coefficient (Wildman–Crippen LogP) is 3.96. The number of aromatic nitrogens is 2. The van der Waals surface area contributed by atoms with E-state index < -0.39 is 0 Å². The molecule has 162 valence electrons. The number of nitrogens with one attached hydrogen (secondary N) is 1. The Labute approximate surface area is 184 Å². The maximum absolute atomic E-state index is 13.8. The highest BCUT2D eigenvalue weighted by atomic mass is 16.5. The maximum atomic E-state index is 13.8. The van der Waals surface area contributed by atoms with Gasteiger partial charge >= 0.3 is 0 Å². The largest absolute Gasteiger partial charge is 0.463 e. The number of pyridine rings is 1. The Morgan fingerprint density at radius 1 is 1.19 bits per heavy atom. The molecule has 2 amide bonds. The fourth-order valence-electron chi connectivity index (χ4n) is 3.82. The van der Waals surface area contributed by atoms with Gasteiger partial charge < -0.3 is 19.2 Å². The number of nitrogens with zero attached hydrogens (tertiary/aromatic N) is 3. The third-order valence-corrected chi connectivity index (χ3v) is 5.67. The Morgan fingerprint density at radius 2 is 1.97 bits per heavy atom. The van der Waals surface area contributed by atoms with Crippen molar-refractivity contribution in [3.63, 3.8) is 0 Å². The molecule has 8 heteroatoms. The Bertz CT molecular complexity index is 1290. The van der Waals surface area contributed by atoms with Crippen molar-refractivity contribution in [2.75, 3.05) is 7.05 Å². The lowest BCUT2D eigenvalue weighted by Crippen LogP contribution is -2.33. The quantitative estimate of drug-likeness (QED) is 0.497. The van der Waals surface area contributed by atoms with Crippen LogP contribution in [-0.4, -0.2) is 39.9 Å². The summed E-state index contributed by atoms with van der Waals surface area (Å²) in [5.41, 5.74) is 3.48. The van der Waals surface area contributed by atoms with Crippen molar-refractivity contribution in [1.29, 1.82) is 0 Å². The zero-order valence-corrected chi connectivity index (χ0v) is 17.8. The zero-order valence-electron chi connectivity index (χ0n) is 17.8. The van der Waals surface area contributed by atoms with Gasteiger partial charge in [0.25, 0.3) is 17.5 Å². The molecule has 3 heterocycles. The van der Waals surface area contributed by atoms with Crippen molar-refractivity contribution in [3.05, 3.63) is 71.1 Å². The number of fused-ring (bicyclic) bond motifs is 1. The molecule has 1 saturated carbocycles. The van der Waals surface area contributed by atoms with Crippen LogP contribution in [0, 0.1) is 6.92 Å². The molecule has 0 saturated heterocycles. The summed E-state index contributed by atoms with van der Waals surface area (Å²) in [4.78, 5) is 32.0. The molecule has 0 radical (unpaired) electrons. The van der Waals surface area contributed by atoms with Crippen LogP contribution in [-0.2, 0) is 6.54 Å². The lowest BCUT2D eigenvalue weighted by atomic mass is 10.1. The first-order chi connectivity index (χ1) is 15.5. The first-order valence-electron chi connectivity index (χ1n) is 10.5. The van der Waals surface area contributed by atoms with E-state index in [1.165, 1.54) is 0 Å². The average molecular weight is 430 g/mol. The van der Waals surface area contributed by atoms with E-state index in [9.17, 15) is 9.59 Å². The second-order valence-electron chi connectivity index (χ2n) is 7.92. The molecule has 1 aliphatic rings. The lowest BCUT2D eigenvalue weighted by Gasteiger charge is -2.23. The Balaban J connectivity index is 1.51. The smallest absolute Gasteiger partial charge is 0.259 e. The molecule has 4 aromatic rings. The summed E-state index contributed by atoms with van der Waals surface area (Å²) >= 11 is 0. The predicted molar refractivity (Wildman–Crippen MR) is 117 cm³/mol. The van der Waals surface area contributed by atoms with E-state index in [4.69, 9.17) is 8.94 Å². The number of carbonyl (C=O) groups is 2. The van der Waals surface area contributed by atoms with Gasteiger partial charge in [0.05, 0.1) is 22.9 Å². The minimum Gasteiger partial charge on any atom is -0.463 e. The van der Waals surface area contributed by atoms with Gasteiger partial charge in [-0.15, -0.1) is 0 Å². The topological polar surface area (TPSA) is 101 Å². The molecule has 1 aliphatic carbocycles. The van der Waals surface area contributed by atoms with Crippen LogP contribution in [0.15, 0.2) is 57.7 Å². The summed E-state index contributed by atoms with van der Waals surface area (Å²) in [6, 6.07) is 12.8. The van der Waals surface area contributed by atoms with Crippen LogP contribution in [0.4, 0.5) is 0 Å². The highest BCUT2D eigenvalue weighted by molar-refractivity contribution is 6.07. The Kier molecular flexibility index (Phi) is 4.97. The van der Waals surface area contributed by atoms with Gasteiger partial charge in [-0.05, 0) is 55.7 Å². The average Bonchev–Trinajstić information content (AvgIpc) is 3.37. The van der Waals surface area contributed by atoms with Crippen LogP contribution in [0.25, 0.3) is 22.6 Å². The van der Waals surface area contributed by atoms with E-state index in [-0.39, 0.29) is 17.9 Å².